The third kappa shape index (κ3) is 3.29. The van der Waals surface area contributed by atoms with Gasteiger partial charge in [0.1, 0.15) is 0 Å². The zero-order chi connectivity index (χ0) is 13.0. The van der Waals surface area contributed by atoms with Crippen LogP contribution in [0.5, 0.6) is 0 Å². The second-order valence-corrected chi connectivity index (χ2v) is 5.52. The highest BCUT2D eigenvalue weighted by Gasteiger charge is 2.08. The van der Waals surface area contributed by atoms with Crippen molar-refractivity contribution in [1.29, 1.82) is 0 Å². The van der Waals surface area contributed by atoms with Crippen LogP contribution in [0.15, 0.2) is 29.6 Å². The Morgan fingerprint density at radius 3 is 2.89 bits per heavy atom. The smallest absolute Gasteiger partial charge is 0.0897 e. The first kappa shape index (κ1) is 13.5. The third-order valence-corrected chi connectivity index (χ3v) is 4.07. The quantitative estimate of drug-likeness (QED) is 0.836. The minimum Gasteiger partial charge on any atom is -0.394 e. The van der Waals surface area contributed by atoms with Crippen molar-refractivity contribution in [2.24, 2.45) is 0 Å². The van der Waals surface area contributed by atoms with Gasteiger partial charge in [-0.2, -0.15) is 0 Å². The molecule has 1 atom stereocenters. The lowest BCUT2D eigenvalue weighted by Gasteiger charge is -2.18. The Balaban J connectivity index is 1.94. The molecule has 0 saturated carbocycles. The maximum Gasteiger partial charge on any atom is 0.0897 e. The molecular weight excluding hydrogens is 246 g/mol. The summed E-state index contributed by atoms with van der Waals surface area (Å²) in [5, 5.41) is 21.7. The normalized spacial score (nSPS) is 13.3. The lowest BCUT2D eigenvalue weighted by Crippen LogP contribution is -2.32. The molecule has 0 aliphatic heterocycles. The van der Waals surface area contributed by atoms with Crippen LogP contribution >= 0.6 is 11.3 Å². The number of thiophene rings is 1. The van der Waals surface area contributed by atoms with Crippen LogP contribution in [0.25, 0.3) is 10.1 Å². The number of rotatable bonds is 6. The van der Waals surface area contributed by atoms with Crippen LogP contribution in [-0.2, 0) is 6.42 Å². The van der Waals surface area contributed by atoms with Crippen LogP contribution in [0, 0.1) is 0 Å². The fraction of sp³-hybridized carbons (Fsp3) is 0.429. The summed E-state index contributed by atoms with van der Waals surface area (Å²) in [4.78, 5) is 2.05. The average Bonchev–Trinajstić information content (AvgIpc) is 2.79. The van der Waals surface area contributed by atoms with Gasteiger partial charge in [0, 0.05) is 17.8 Å². The van der Waals surface area contributed by atoms with Crippen molar-refractivity contribution in [3.8, 4) is 0 Å². The van der Waals surface area contributed by atoms with E-state index in [1.54, 1.807) is 11.3 Å². The van der Waals surface area contributed by atoms with Gasteiger partial charge in [-0.05, 0) is 35.9 Å². The lowest BCUT2D eigenvalue weighted by molar-refractivity contribution is 0.0669. The van der Waals surface area contributed by atoms with E-state index in [1.165, 1.54) is 15.6 Å². The van der Waals surface area contributed by atoms with Crippen LogP contribution in [0.4, 0.5) is 0 Å². The number of aliphatic hydroxyl groups is 2. The molecule has 1 unspecified atom stereocenters. The first-order chi connectivity index (χ1) is 8.70. The van der Waals surface area contributed by atoms with E-state index in [9.17, 15) is 5.11 Å². The van der Waals surface area contributed by atoms with Gasteiger partial charge in [-0.3, -0.25) is 0 Å². The number of aliphatic hydroxyl groups excluding tert-OH is 2. The number of fused-ring (bicyclic) bond motifs is 1. The van der Waals surface area contributed by atoms with Crippen molar-refractivity contribution < 1.29 is 10.2 Å². The molecule has 98 valence electrons. The summed E-state index contributed by atoms with van der Waals surface area (Å²) < 4.78 is 1.32. The molecule has 2 N–H and O–H groups in total. The predicted octanol–water partition coefficient (Wildman–Crippen LogP) is 1.73. The molecule has 2 aromatic rings. The van der Waals surface area contributed by atoms with Gasteiger partial charge in [0.2, 0.25) is 0 Å². The Labute approximate surface area is 111 Å². The molecule has 18 heavy (non-hydrogen) atoms. The molecule has 0 spiro atoms. The lowest BCUT2D eigenvalue weighted by atomic mass is 10.1. The molecule has 1 aromatic heterocycles. The summed E-state index contributed by atoms with van der Waals surface area (Å²) >= 11 is 1.78. The van der Waals surface area contributed by atoms with Crippen LogP contribution in [0.2, 0.25) is 0 Å². The Hall–Kier alpha value is -0.940. The summed E-state index contributed by atoms with van der Waals surface area (Å²) in [6, 6.07) is 8.43. The van der Waals surface area contributed by atoms with E-state index in [4.69, 9.17) is 5.11 Å². The summed E-state index contributed by atoms with van der Waals surface area (Å²) in [6.45, 7) is 1.22. The zero-order valence-corrected chi connectivity index (χ0v) is 11.4. The minimum atomic E-state index is -0.644. The maximum atomic E-state index is 9.37. The highest BCUT2D eigenvalue weighted by Crippen LogP contribution is 2.25. The van der Waals surface area contributed by atoms with Gasteiger partial charge in [0.05, 0.1) is 12.7 Å². The molecule has 0 amide bonds. The SMILES string of the molecule is CN(CCc1csc2ccccc12)CC(O)CO. The molecular formula is C14H19NO2S. The van der Waals surface area contributed by atoms with Gasteiger partial charge in [-0.15, -0.1) is 11.3 Å². The van der Waals surface area contributed by atoms with Crippen molar-refractivity contribution in [2.45, 2.75) is 12.5 Å². The summed E-state index contributed by atoms with van der Waals surface area (Å²) in [5.74, 6) is 0. The third-order valence-electron chi connectivity index (χ3n) is 3.06. The van der Waals surface area contributed by atoms with Gasteiger partial charge in [0.15, 0.2) is 0 Å². The van der Waals surface area contributed by atoms with Gasteiger partial charge in [0.25, 0.3) is 0 Å². The number of hydrogen-bond acceptors (Lipinski definition) is 4. The van der Waals surface area contributed by atoms with Gasteiger partial charge in [-0.25, -0.2) is 0 Å². The molecule has 0 aliphatic rings. The van der Waals surface area contributed by atoms with E-state index in [1.807, 2.05) is 11.9 Å². The Morgan fingerprint density at radius 2 is 2.11 bits per heavy atom. The van der Waals surface area contributed by atoms with Gasteiger partial charge in [-0.1, -0.05) is 18.2 Å². The average molecular weight is 265 g/mol. The van der Waals surface area contributed by atoms with E-state index in [2.05, 4.69) is 29.6 Å². The predicted molar refractivity (Wildman–Crippen MR) is 76.1 cm³/mol. The number of benzene rings is 1. The van der Waals surface area contributed by atoms with Crippen molar-refractivity contribution >= 4 is 21.4 Å². The standard InChI is InChI=1S/C14H19NO2S/c1-15(8-12(17)9-16)7-6-11-10-18-14-5-3-2-4-13(11)14/h2-5,10,12,16-17H,6-9H2,1H3. The minimum absolute atomic E-state index is 0.175. The molecule has 0 radical (unpaired) electrons. The largest absolute Gasteiger partial charge is 0.394 e. The molecule has 0 aliphatic carbocycles. The van der Waals surface area contributed by atoms with Crippen molar-refractivity contribution in [3.63, 3.8) is 0 Å². The first-order valence-electron chi connectivity index (χ1n) is 6.13. The topological polar surface area (TPSA) is 43.7 Å². The van der Waals surface area contributed by atoms with Gasteiger partial charge < -0.3 is 15.1 Å². The highest BCUT2D eigenvalue weighted by molar-refractivity contribution is 7.17. The second-order valence-electron chi connectivity index (χ2n) is 4.61. The van der Waals surface area contributed by atoms with E-state index >= 15 is 0 Å². The van der Waals surface area contributed by atoms with Gasteiger partial charge >= 0.3 is 0 Å². The first-order valence-corrected chi connectivity index (χ1v) is 7.01. The van der Waals surface area contributed by atoms with E-state index in [0.717, 1.165) is 13.0 Å². The number of nitrogens with zero attached hydrogens (tertiary/aromatic N) is 1. The van der Waals surface area contributed by atoms with Crippen LogP contribution in [0.3, 0.4) is 0 Å². The number of likely N-dealkylation sites (N-methyl/N-ethyl adjacent to an activating group) is 1. The molecule has 0 fully saturated rings. The molecule has 3 nitrogen and oxygen atoms in total. The summed E-state index contributed by atoms with van der Waals surface area (Å²) in [6.07, 6.45) is 0.327. The van der Waals surface area contributed by atoms with E-state index in [0.29, 0.717) is 6.54 Å². The molecule has 0 saturated heterocycles. The number of hydrogen-bond donors (Lipinski definition) is 2. The fourth-order valence-electron chi connectivity index (χ4n) is 2.05. The van der Waals surface area contributed by atoms with Crippen LogP contribution < -0.4 is 0 Å². The maximum absolute atomic E-state index is 9.37. The fourth-order valence-corrected chi connectivity index (χ4v) is 3.04. The van der Waals surface area contributed by atoms with E-state index < -0.39 is 6.10 Å². The van der Waals surface area contributed by atoms with Crippen LogP contribution in [0.1, 0.15) is 5.56 Å². The molecule has 0 bridgehead atoms. The van der Waals surface area contributed by atoms with Crippen molar-refractivity contribution in [2.75, 3.05) is 26.7 Å². The Morgan fingerprint density at radius 1 is 1.33 bits per heavy atom. The summed E-state index contributed by atoms with van der Waals surface area (Å²) in [5.41, 5.74) is 1.36. The highest BCUT2D eigenvalue weighted by atomic mass is 32.1. The van der Waals surface area contributed by atoms with Crippen molar-refractivity contribution in [1.82, 2.24) is 4.90 Å². The molecule has 1 heterocycles. The molecule has 1 aromatic carbocycles. The monoisotopic (exact) mass is 265 g/mol. The van der Waals surface area contributed by atoms with Crippen LogP contribution in [-0.4, -0.2) is 48.0 Å². The van der Waals surface area contributed by atoms with Crippen molar-refractivity contribution in [3.05, 3.63) is 35.2 Å². The van der Waals surface area contributed by atoms with E-state index in [-0.39, 0.29) is 6.61 Å². The summed E-state index contributed by atoms with van der Waals surface area (Å²) in [7, 11) is 1.97. The zero-order valence-electron chi connectivity index (χ0n) is 10.5. The Kier molecular flexibility index (Phi) is 4.72. The Bertz CT molecular complexity index is 497. The molecule has 2 rings (SSSR count). The molecule has 4 heteroatoms. The second kappa shape index (κ2) is 6.29.